The van der Waals surface area contributed by atoms with Crippen molar-refractivity contribution in [2.24, 2.45) is 0 Å². The highest BCUT2D eigenvalue weighted by atomic mass is 16.1. The molecule has 0 fully saturated rings. The van der Waals surface area contributed by atoms with Crippen LogP contribution in [0.25, 0.3) is 0 Å². The minimum atomic E-state index is -0.108. The van der Waals surface area contributed by atoms with Crippen LogP contribution in [-0.2, 0) is 6.42 Å². The van der Waals surface area contributed by atoms with Crippen LogP contribution in [-0.4, -0.2) is 27.6 Å². The molecular weight excluding hydrogens is 326 g/mol. The number of carbonyl (C=O) groups excluding carboxylic acids is 1. The molecular formula is C20H19N5O. The van der Waals surface area contributed by atoms with Crippen molar-refractivity contribution in [1.29, 1.82) is 0 Å². The first-order chi connectivity index (χ1) is 12.7. The predicted molar refractivity (Wildman–Crippen MR) is 100 cm³/mol. The fourth-order valence-corrected chi connectivity index (χ4v) is 2.41. The number of hydrogen-bond acceptors (Lipinski definition) is 4. The molecule has 0 aliphatic rings. The Balaban J connectivity index is 1.57. The van der Waals surface area contributed by atoms with Gasteiger partial charge in [-0.1, -0.05) is 18.1 Å². The lowest BCUT2D eigenvalue weighted by Gasteiger charge is -2.05. The second kappa shape index (κ2) is 8.49. The normalized spacial score (nSPS) is 10.0. The van der Waals surface area contributed by atoms with E-state index in [0.717, 1.165) is 24.0 Å². The Morgan fingerprint density at radius 1 is 1.19 bits per heavy atom. The van der Waals surface area contributed by atoms with Crippen LogP contribution in [0.2, 0.25) is 0 Å². The second-order valence-corrected chi connectivity index (χ2v) is 5.74. The summed E-state index contributed by atoms with van der Waals surface area (Å²) >= 11 is 0. The molecule has 6 nitrogen and oxygen atoms in total. The molecule has 0 spiro atoms. The Morgan fingerprint density at radius 2 is 2.08 bits per heavy atom. The fourth-order valence-electron chi connectivity index (χ4n) is 2.41. The number of aromatic nitrogens is 3. The molecule has 0 atom stereocenters. The molecule has 1 amide bonds. The van der Waals surface area contributed by atoms with Gasteiger partial charge < -0.3 is 11.1 Å². The number of hydrogen-bond donors (Lipinski definition) is 3. The number of aryl methyl sites for hydroxylation is 1. The van der Waals surface area contributed by atoms with Gasteiger partial charge >= 0.3 is 0 Å². The van der Waals surface area contributed by atoms with Gasteiger partial charge in [-0.3, -0.25) is 9.89 Å². The number of rotatable bonds is 5. The summed E-state index contributed by atoms with van der Waals surface area (Å²) in [6.45, 7) is 0.604. The van der Waals surface area contributed by atoms with Gasteiger partial charge in [-0.15, -0.1) is 0 Å². The molecule has 2 aromatic heterocycles. The van der Waals surface area contributed by atoms with E-state index in [1.807, 2.05) is 18.3 Å². The SMILES string of the molecule is Nc1cccc(C#Cc2cccc(C(=O)NCCCc3cn[nH]c3)c2)n1. The predicted octanol–water partition coefficient (Wildman–Crippen LogP) is 2.15. The van der Waals surface area contributed by atoms with Crippen molar-refractivity contribution in [1.82, 2.24) is 20.5 Å². The molecule has 0 aliphatic carbocycles. The lowest BCUT2D eigenvalue weighted by molar-refractivity contribution is 0.0953. The quantitative estimate of drug-likeness (QED) is 0.487. The number of pyridine rings is 1. The molecule has 0 unspecified atom stereocenters. The number of nitrogens with one attached hydrogen (secondary N) is 2. The summed E-state index contributed by atoms with van der Waals surface area (Å²) in [6, 6.07) is 12.5. The summed E-state index contributed by atoms with van der Waals surface area (Å²) in [6.07, 6.45) is 5.37. The van der Waals surface area contributed by atoms with Crippen molar-refractivity contribution in [3.63, 3.8) is 0 Å². The molecule has 2 heterocycles. The third kappa shape index (κ3) is 4.95. The summed E-state index contributed by atoms with van der Waals surface area (Å²) in [5.74, 6) is 6.29. The standard InChI is InChI=1S/C20H19N5O/c21-19-8-2-7-18(25-19)10-9-15-4-1-6-17(12-15)20(26)22-11-3-5-16-13-23-24-14-16/h1-2,4,6-8,12-14H,3,5,11H2,(H2,21,25)(H,22,26)(H,23,24). The Kier molecular flexibility index (Phi) is 5.63. The van der Waals surface area contributed by atoms with Crippen LogP contribution in [0.3, 0.4) is 0 Å². The number of amides is 1. The third-order valence-corrected chi connectivity index (χ3v) is 3.71. The number of anilines is 1. The number of nitrogens with zero attached hydrogens (tertiary/aromatic N) is 2. The summed E-state index contributed by atoms with van der Waals surface area (Å²) < 4.78 is 0. The van der Waals surface area contributed by atoms with E-state index in [0.29, 0.717) is 23.6 Å². The van der Waals surface area contributed by atoms with Crippen molar-refractivity contribution in [2.75, 3.05) is 12.3 Å². The first kappa shape index (κ1) is 17.2. The average Bonchev–Trinajstić information content (AvgIpc) is 3.17. The van der Waals surface area contributed by atoms with Crippen LogP contribution in [0.4, 0.5) is 5.82 Å². The van der Waals surface area contributed by atoms with Crippen LogP contribution < -0.4 is 11.1 Å². The van der Waals surface area contributed by atoms with Gasteiger partial charge in [-0.05, 0) is 54.7 Å². The van der Waals surface area contributed by atoms with Crippen molar-refractivity contribution in [3.8, 4) is 11.8 Å². The number of aromatic amines is 1. The number of nitrogens with two attached hydrogens (primary N) is 1. The maximum Gasteiger partial charge on any atom is 0.251 e. The molecule has 0 aliphatic heterocycles. The zero-order chi connectivity index (χ0) is 18.2. The van der Waals surface area contributed by atoms with Crippen LogP contribution in [0.15, 0.2) is 54.9 Å². The number of benzene rings is 1. The van der Waals surface area contributed by atoms with E-state index < -0.39 is 0 Å². The molecule has 4 N–H and O–H groups in total. The molecule has 26 heavy (non-hydrogen) atoms. The molecule has 3 rings (SSSR count). The maximum absolute atomic E-state index is 12.3. The largest absolute Gasteiger partial charge is 0.384 e. The van der Waals surface area contributed by atoms with Gasteiger partial charge in [-0.2, -0.15) is 5.10 Å². The monoisotopic (exact) mass is 345 g/mol. The van der Waals surface area contributed by atoms with Crippen molar-refractivity contribution in [3.05, 3.63) is 77.2 Å². The van der Waals surface area contributed by atoms with Crippen LogP contribution >= 0.6 is 0 Å². The van der Waals surface area contributed by atoms with E-state index in [9.17, 15) is 4.79 Å². The van der Waals surface area contributed by atoms with E-state index in [1.165, 1.54) is 0 Å². The first-order valence-corrected chi connectivity index (χ1v) is 8.31. The van der Waals surface area contributed by atoms with Gasteiger partial charge in [0.2, 0.25) is 0 Å². The van der Waals surface area contributed by atoms with Gasteiger partial charge in [0.05, 0.1) is 6.20 Å². The van der Waals surface area contributed by atoms with Gasteiger partial charge in [-0.25, -0.2) is 4.98 Å². The molecule has 6 heteroatoms. The zero-order valence-corrected chi connectivity index (χ0v) is 14.2. The minimum Gasteiger partial charge on any atom is -0.384 e. The summed E-state index contributed by atoms with van der Waals surface area (Å²) in [4.78, 5) is 16.4. The van der Waals surface area contributed by atoms with E-state index in [2.05, 4.69) is 32.3 Å². The van der Waals surface area contributed by atoms with E-state index >= 15 is 0 Å². The zero-order valence-electron chi connectivity index (χ0n) is 14.2. The smallest absolute Gasteiger partial charge is 0.251 e. The molecule has 0 saturated carbocycles. The lowest BCUT2D eigenvalue weighted by atomic mass is 10.1. The minimum absolute atomic E-state index is 0.108. The van der Waals surface area contributed by atoms with Crippen LogP contribution in [0.5, 0.6) is 0 Å². The highest BCUT2D eigenvalue weighted by Crippen LogP contribution is 2.06. The Bertz CT molecular complexity index is 938. The van der Waals surface area contributed by atoms with E-state index in [-0.39, 0.29) is 5.91 Å². The Labute approximate surface area is 151 Å². The summed E-state index contributed by atoms with van der Waals surface area (Å²) in [7, 11) is 0. The lowest BCUT2D eigenvalue weighted by Crippen LogP contribution is -2.24. The number of carbonyl (C=O) groups is 1. The van der Waals surface area contributed by atoms with Gasteiger partial charge in [0, 0.05) is 23.9 Å². The second-order valence-electron chi connectivity index (χ2n) is 5.74. The van der Waals surface area contributed by atoms with Crippen molar-refractivity contribution in [2.45, 2.75) is 12.8 Å². The maximum atomic E-state index is 12.3. The van der Waals surface area contributed by atoms with Crippen LogP contribution in [0, 0.1) is 11.8 Å². The highest BCUT2D eigenvalue weighted by molar-refractivity contribution is 5.94. The first-order valence-electron chi connectivity index (χ1n) is 8.31. The topological polar surface area (TPSA) is 96.7 Å². The highest BCUT2D eigenvalue weighted by Gasteiger charge is 2.05. The van der Waals surface area contributed by atoms with E-state index in [4.69, 9.17) is 5.73 Å². The van der Waals surface area contributed by atoms with Gasteiger partial charge in [0.15, 0.2) is 0 Å². The Hall–Kier alpha value is -3.59. The molecule has 0 bridgehead atoms. The van der Waals surface area contributed by atoms with Crippen molar-refractivity contribution < 1.29 is 4.79 Å². The fraction of sp³-hybridized carbons (Fsp3) is 0.150. The van der Waals surface area contributed by atoms with E-state index in [1.54, 1.807) is 36.5 Å². The third-order valence-electron chi connectivity index (χ3n) is 3.71. The van der Waals surface area contributed by atoms with Gasteiger partial charge in [0.1, 0.15) is 11.5 Å². The molecule has 0 radical (unpaired) electrons. The molecule has 130 valence electrons. The summed E-state index contributed by atoms with van der Waals surface area (Å²) in [5, 5.41) is 9.60. The molecule has 3 aromatic rings. The van der Waals surface area contributed by atoms with Gasteiger partial charge in [0.25, 0.3) is 5.91 Å². The Morgan fingerprint density at radius 3 is 2.88 bits per heavy atom. The van der Waals surface area contributed by atoms with Crippen molar-refractivity contribution >= 4 is 11.7 Å². The number of nitrogen functional groups attached to an aromatic ring is 1. The average molecular weight is 345 g/mol. The summed E-state index contributed by atoms with van der Waals surface area (Å²) in [5.41, 5.74) is 8.71. The van der Waals surface area contributed by atoms with Crippen LogP contribution in [0.1, 0.15) is 33.6 Å². The molecule has 1 aromatic carbocycles. The molecule has 0 saturated heterocycles. The number of H-pyrrole nitrogens is 1.